The predicted molar refractivity (Wildman–Crippen MR) is 606 cm³/mol. The summed E-state index contributed by atoms with van der Waals surface area (Å²) < 4.78 is 81.3. The third-order valence-corrected chi connectivity index (χ3v) is 33.1. The van der Waals surface area contributed by atoms with Crippen molar-refractivity contribution in [3.05, 3.63) is 235 Å². The number of nitrogens with two attached hydrogens (primary N) is 1. The number of aliphatic hydroxyl groups excluding tert-OH is 1. The van der Waals surface area contributed by atoms with Crippen LogP contribution in [0, 0.1) is 64.4 Å². The summed E-state index contributed by atoms with van der Waals surface area (Å²) in [6, 6.07) is 45.9. The number of fused-ring (bicyclic) bond motifs is 6. The summed E-state index contributed by atoms with van der Waals surface area (Å²) in [5.41, 5.74) is 16.2. The molecule has 11 heterocycles. The lowest BCUT2D eigenvalue weighted by molar-refractivity contribution is 0.148. The zero-order valence-corrected chi connectivity index (χ0v) is 94.9. The number of H-pyrrole nitrogens is 2. The maximum atomic E-state index is 12.5. The van der Waals surface area contributed by atoms with E-state index in [4.69, 9.17) is 91.0 Å². The third kappa shape index (κ3) is 34.6. The first-order valence-electron chi connectivity index (χ1n) is 47.9. The van der Waals surface area contributed by atoms with E-state index in [2.05, 4.69) is 184 Å². The minimum atomic E-state index is -3.30. The second-order valence-corrected chi connectivity index (χ2v) is 47.3. The van der Waals surface area contributed by atoms with Gasteiger partial charge in [0.05, 0.1) is 92.7 Å². The lowest BCUT2D eigenvalue weighted by Gasteiger charge is -2.29. The summed E-state index contributed by atoms with van der Waals surface area (Å²) in [5, 5.41) is 36.8. The van der Waals surface area contributed by atoms with Gasteiger partial charge in [-0.3, -0.25) is 0 Å². The van der Waals surface area contributed by atoms with Gasteiger partial charge in [-0.2, -0.15) is 0 Å². The number of aliphatic hydroxyl groups is 1. The molecule has 0 saturated carbocycles. The molecule has 18 rings (SSSR count). The van der Waals surface area contributed by atoms with Gasteiger partial charge in [-0.15, -0.1) is 0 Å². The Hall–Kier alpha value is -7.44. The van der Waals surface area contributed by atoms with Gasteiger partial charge in [0.15, 0.2) is 19.7 Å². The predicted octanol–water partition coefficient (Wildman–Crippen LogP) is 22.7. The Morgan fingerprint density at radius 1 is 0.458 bits per heavy atom. The molecular formula is C106H132BBr2Cl4I2N13O12S2. The Morgan fingerprint density at radius 3 is 1.27 bits per heavy atom. The van der Waals surface area contributed by atoms with Crippen molar-refractivity contribution in [1.82, 2.24) is 54.4 Å². The molecule has 13 aromatic rings. The second kappa shape index (κ2) is 56.1. The molecule has 0 spiro atoms. The summed E-state index contributed by atoms with van der Waals surface area (Å²) in [5.74, 6) is 8.71. The molecule has 25 nitrogen and oxygen atoms in total. The van der Waals surface area contributed by atoms with E-state index in [1.807, 2.05) is 149 Å². The monoisotopic (exact) mass is 2410 g/mol. The van der Waals surface area contributed by atoms with Crippen LogP contribution < -0.4 is 40.2 Å². The number of anilines is 3. The van der Waals surface area contributed by atoms with Gasteiger partial charge >= 0.3 is 7.12 Å². The van der Waals surface area contributed by atoms with Crippen LogP contribution in [-0.2, 0) is 19.7 Å². The van der Waals surface area contributed by atoms with E-state index >= 15 is 0 Å². The van der Waals surface area contributed by atoms with Gasteiger partial charge in [-0.1, -0.05) is 84.5 Å². The van der Waals surface area contributed by atoms with E-state index in [0.29, 0.717) is 58.5 Å². The highest BCUT2D eigenvalue weighted by Crippen LogP contribution is 2.43. The van der Waals surface area contributed by atoms with Crippen LogP contribution in [0.1, 0.15) is 100 Å². The van der Waals surface area contributed by atoms with Crippen LogP contribution in [0.15, 0.2) is 195 Å². The number of aromatic amines is 2. The minimum absolute atomic E-state index is 0.00201. The highest BCUT2D eigenvalue weighted by Gasteiger charge is 2.27. The van der Waals surface area contributed by atoms with Crippen molar-refractivity contribution in [3.63, 3.8) is 0 Å². The van der Waals surface area contributed by atoms with Gasteiger partial charge in [0.1, 0.15) is 51.7 Å². The van der Waals surface area contributed by atoms with E-state index in [0.717, 1.165) is 234 Å². The Kier molecular flexibility index (Phi) is 45.4. The number of halogens is 8. The molecule has 0 amide bonds. The molecule has 0 unspecified atom stereocenters. The summed E-state index contributed by atoms with van der Waals surface area (Å²) in [6.07, 6.45) is 19.1. The van der Waals surface area contributed by atoms with Crippen LogP contribution in [0.2, 0.25) is 20.1 Å². The largest absolute Gasteiger partial charge is 0.496 e. The standard InChI is InChI=1S/C27H31N3O3S.C19H23BrClN3O.C19H22ClN3O.C13H17ClINO.C8H11BO4S.C7H6ClIO.C7H15NO.C6H7BrN2/c1-4-34(31,32)21-7-5-6-20(15-21)22-8-9-24(33-17-19-10-12-30(3)13-11-19)26-25(22)23-14-18(2)16-28-27(23)29-26;1-13-9-16(20)19(22-11-13)23-17-10-15(21)3-4-18(17)25-12-14-5-7-24(2)8-6-14;1-12-9-14-17-15(20)3-4-16(18(17)22-19(14)21-10-12)24-11-13-5-7-23(2)8-6-13;1-16-6-4-10(5-7-16)9-17-13-3-2-11(14)8-12(13)15;1-2-14(12,13)8-5-3-4-7(6-8)9(10)11;1-10-7-3-2-5(8)4-6(7)9;1-8-4-2-7(6-9)3-5-8;1-4-2-5(7)6(8)9-3-4/h5-9,14-16,19H,4,10-13,17H2,1-3H3,(H,28,29);3-4,9-11,14H,5-8,12H2,1-2H3,(H,22,23);3-4,9-10,13H,5-8,11H2,1-2H3,(H,21,22);2-3,8,10H,4-7,9H2,1H3;3-6,10-11H,2H2,1H3;2-4H,1H3;7,9H,2-6H2,1H3;2-3H,1H3,(H2,8,9). The number of ether oxygens (including phenoxy) is 5. The fourth-order valence-electron chi connectivity index (χ4n) is 16.7. The molecule has 0 aliphatic carbocycles. The Bertz CT molecular complexity index is 6530. The van der Waals surface area contributed by atoms with Crippen molar-refractivity contribution in [2.45, 2.75) is 116 Å². The highest BCUT2D eigenvalue weighted by atomic mass is 127. The van der Waals surface area contributed by atoms with Crippen LogP contribution in [0.4, 0.5) is 17.3 Å². The number of pyridine rings is 4. The van der Waals surface area contributed by atoms with Crippen molar-refractivity contribution in [3.8, 4) is 39.9 Å². The number of aromatic nitrogens is 6. The number of hydrogen-bond donors (Lipinski definition) is 7. The smallest absolute Gasteiger partial charge is 0.488 e. The third-order valence-electron chi connectivity index (χ3n) is 25.7. The quantitative estimate of drug-likeness (QED) is 0.0245. The van der Waals surface area contributed by atoms with Gasteiger partial charge in [-0.25, -0.2) is 36.8 Å². The molecule has 0 radical (unpaired) electrons. The van der Waals surface area contributed by atoms with E-state index in [9.17, 15) is 16.8 Å². The maximum absolute atomic E-state index is 12.5. The molecule has 7 aromatic carbocycles. The number of nitrogens with one attached hydrogen (secondary N) is 3. The van der Waals surface area contributed by atoms with E-state index in [1.165, 1.54) is 95.6 Å². The second-order valence-electron chi connectivity index (χ2n) is 37.0. The molecule has 0 bridgehead atoms. The lowest BCUT2D eigenvalue weighted by Crippen LogP contribution is -2.32. The average Bonchev–Trinajstić information content (AvgIpc) is 1.59. The van der Waals surface area contributed by atoms with Crippen LogP contribution in [-0.4, -0.2) is 246 Å². The van der Waals surface area contributed by atoms with Crippen molar-refractivity contribution >= 4 is 217 Å². The van der Waals surface area contributed by atoms with Gasteiger partial charge in [0.2, 0.25) is 0 Å². The number of piperidine rings is 5. The number of nitrogens with zero attached hydrogens (tertiary/aromatic N) is 9. The Morgan fingerprint density at radius 2 is 0.838 bits per heavy atom. The zero-order chi connectivity index (χ0) is 102. The van der Waals surface area contributed by atoms with E-state index in [1.54, 1.807) is 32.4 Å². The Labute approximate surface area is 901 Å². The normalized spacial score (nSPS) is 15.6. The molecule has 8 N–H and O–H groups in total. The van der Waals surface area contributed by atoms with Crippen LogP contribution in [0.25, 0.3) is 55.0 Å². The number of sulfone groups is 2. The molecule has 6 aromatic heterocycles. The molecule has 5 saturated heterocycles. The summed E-state index contributed by atoms with van der Waals surface area (Å²) in [6.45, 7) is 26.1. The van der Waals surface area contributed by atoms with Crippen molar-refractivity contribution < 1.29 is 55.7 Å². The molecule has 142 heavy (non-hydrogen) atoms. The number of likely N-dealkylation sites (tertiary alicyclic amines) is 5. The van der Waals surface area contributed by atoms with Crippen molar-refractivity contribution in [1.29, 1.82) is 0 Å². The maximum Gasteiger partial charge on any atom is 0.488 e. The van der Waals surface area contributed by atoms with Gasteiger partial charge in [0, 0.05) is 68.0 Å². The highest BCUT2D eigenvalue weighted by molar-refractivity contribution is 14.1. The summed E-state index contributed by atoms with van der Waals surface area (Å²) in [7, 11) is 4.26. The van der Waals surface area contributed by atoms with Crippen molar-refractivity contribution in [2.75, 3.05) is 163 Å². The van der Waals surface area contributed by atoms with Gasteiger partial charge < -0.3 is 84.4 Å². The molecule has 5 aliphatic rings. The number of nitrogen functional groups attached to an aromatic ring is 1. The van der Waals surface area contributed by atoms with Crippen LogP contribution in [0.5, 0.6) is 28.7 Å². The molecule has 36 heteroatoms. The minimum Gasteiger partial charge on any atom is -0.496 e. The van der Waals surface area contributed by atoms with E-state index in [-0.39, 0.29) is 21.9 Å². The number of hydrogen-bond acceptors (Lipinski definition) is 23. The summed E-state index contributed by atoms with van der Waals surface area (Å²) in [4.78, 5) is 36.6. The fourth-order valence-corrected chi connectivity index (χ4v) is 22.1. The molecular weight excluding hydrogens is 2280 g/mol. The molecule has 764 valence electrons. The fraction of sp³-hybridized carbons (Fsp3) is 0.415. The Balaban J connectivity index is 0.000000162. The number of aryl methyl sites for hydroxylation is 4. The van der Waals surface area contributed by atoms with Crippen LogP contribution >= 0.6 is 123 Å². The van der Waals surface area contributed by atoms with E-state index < -0.39 is 26.8 Å². The van der Waals surface area contributed by atoms with Crippen LogP contribution in [0.3, 0.4) is 0 Å². The first kappa shape index (κ1) is 115. The number of methoxy groups -OCH3 is 1. The SMILES string of the molecule is CCS(=O)(=O)c1cccc(-c2ccc(OCC3CCN(C)CC3)c3[nH]c4ncc(C)cc4c23)c1.CCS(=O)(=O)c1cccc(B(O)O)c1.CN1CCC(CO)CC1.CN1CCC(COc2ccc(Cl)cc2I)CC1.COc1ccc(Cl)cc1I.Cc1cnc(N)c(Br)c1.Cc1cnc(Nc2cc(Cl)ccc2OCC2CCN(C)CC2)c(Br)c1.Cc1cnc2[nH]c3c(OCC4CCN(C)CC4)ccc(Cl)c3c2c1. The van der Waals surface area contributed by atoms with Gasteiger partial charge in [-0.05, 0) is 465 Å². The molecule has 5 aliphatic heterocycles. The lowest BCUT2D eigenvalue weighted by atomic mass is 9.80. The van der Waals surface area contributed by atoms with Crippen molar-refractivity contribution in [2.24, 2.45) is 29.6 Å². The zero-order valence-electron chi connectivity index (χ0n) is 82.8. The first-order chi connectivity index (χ1) is 67.9. The summed E-state index contributed by atoms with van der Waals surface area (Å²) >= 11 is 35.5. The van der Waals surface area contributed by atoms with Gasteiger partial charge in [0.25, 0.3) is 0 Å². The first-order valence-corrected chi connectivity index (χ1v) is 56.5. The average molecular weight is 2410 g/mol. The molecule has 5 fully saturated rings. The topological polar surface area (TPSA) is 313 Å². The number of rotatable bonds is 22. The molecule has 0 atom stereocenters. The number of benzene rings is 7.